The molecule has 1 aromatic heterocycles. The Kier molecular flexibility index (Phi) is 9.19. The van der Waals surface area contributed by atoms with E-state index in [1.54, 1.807) is 54.5 Å². The van der Waals surface area contributed by atoms with Crippen LogP contribution >= 0.6 is 0 Å². The highest BCUT2D eigenvalue weighted by atomic mass is 19.4. The zero-order valence-electron chi connectivity index (χ0n) is 26.7. The molecule has 45 heavy (non-hydrogen) atoms. The molecule has 0 aliphatic heterocycles. The summed E-state index contributed by atoms with van der Waals surface area (Å²) in [5.74, 6) is 1.21. The third-order valence-electron chi connectivity index (χ3n) is 7.19. The number of carbonyl (C=O) groups is 2. The van der Waals surface area contributed by atoms with Crippen molar-refractivity contribution in [2.45, 2.75) is 91.2 Å². The fraction of sp³-hybridized carbons (Fsp3) is 0.485. The Morgan fingerprint density at radius 3 is 2.24 bits per heavy atom. The third kappa shape index (κ3) is 8.92. The molecule has 0 spiro atoms. The van der Waals surface area contributed by atoms with E-state index in [0.29, 0.717) is 29.2 Å². The lowest BCUT2D eigenvalue weighted by Gasteiger charge is -2.27. The molecule has 2 unspecified atom stereocenters. The average Bonchev–Trinajstić information content (AvgIpc) is 3.42. The second-order valence-corrected chi connectivity index (χ2v) is 13.3. The molecule has 0 bridgehead atoms. The van der Waals surface area contributed by atoms with Crippen molar-refractivity contribution in [3.05, 3.63) is 71.1 Å². The van der Waals surface area contributed by atoms with Crippen LogP contribution < -0.4 is 4.74 Å². The molecule has 4 rings (SSSR count). The summed E-state index contributed by atoms with van der Waals surface area (Å²) in [7, 11) is 0. The van der Waals surface area contributed by atoms with E-state index in [1.807, 2.05) is 18.2 Å². The van der Waals surface area contributed by atoms with Gasteiger partial charge in [0.05, 0.1) is 12.1 Å². The minimum absolute atomic E-state index is 0.0493. The molecule has 1 fully saturated rings. The second kappa shape index (κ2) is 12.3. The van der Waals surface area contributed by atoms with Crippen molar-refractivity contribution < 1.29 is 46.2 Å². The predicted octanol–water partition coefficient (Wildman–Crippen LogP) is 8.63. The molecule has 1 amide bonds. The van der Waals surface area contributed by atoms with E-state index in [2.05, 4.69) is 11.9 Å². The summed E-state index contributed by atoms with van der Waals surface area (Å²) in [5.41, 5.74) is -0.797. The lowest BCUT2D eigenvalue weighted by Crippen LogP contribution is -2.41. The van der Waals surface area contributed by atoms with Crippen LogP contribution in [0.2, 0.25) is 0 Å². The standard InChI is InChI=1S/C33H39F3N2O7/c1-20-26(37-27(42-20)21-12-14-22(15-13-21)33(34,35)36)19-41-25-11-9-10-23(16-25)32(8)17-24(32)18-38(28(39)43-30(2,3)4)45-29(40)44-31(5,6)7/h9-16,24H,17-19H2,1-8H3. The van der Waals surface area contributed by atoms with Crippen LogP contribution in [-0.4, -0.2) is 40.0 Å². The van der Waals surface area contributed by atoms with Crippen LogP contribution in [0.15, 0.2) is 52.9 Å². The number of hydrogen-bond donors (Lipinski definition) is 0. The number of hydroxylamine groups is 2. The van der Waals surface area contributed by atoms with Gasteiger partial charge in [-0.25, -0.2) is 14.6 Å². The van der Waals surface area contributed by atoms with Crippen molar-refractivity contribution in [1.29, 1.82) is 0 Å². The first-order chi connectivity index (χ1) is 20.7. The summed E-state index contributed by atoms with van der Waals surface area (Å²) >= 11 is 0. The van der Waals surface area contributed by atoms with Crippen LogP contribution in [0.3, 0.4) is 0 Å². The number of aryl methyl sites for hydroxylation is 1. The number of carbonyl (C=O) groups excluding carboxylic acids is 2. The fourth-order valence-corrected chi connectivity index (χ4v) is 4.67. The number of alkyl halides is 3. The zero-order chi connectivity index (χ0) is 33.4. The highest BCUT2D eigenvalue weighted by Gasteiger charge is 2.53. The number of hydrogen-bond acceptors (Lipinski definition) is 8. The SMILES string of the molecule is Cc1oc(-c2ccc(C(F)(F)F)cc2)nc1COc1cccc(C2(C)CC2CN(OC(=O)OC(C)(C)C)C(=O)OC(C)(C)C)c1. The van der Waals surface area contributed by atoms with E-state index in [9.17, 15) is 22.8 Å². The number of halogens is 3. The quantitative estimate of drug-likeness (QED) is 0.189. The maximum absolute atomic E-state index is 12.9. The van der Waals surface area contributed by atoms with Gasteiger partial charge >= 0.3 is 18.4 Å². The van der Waals surface area contributed by atoms with E-state index in [-0.39, 0.29) is 30.4 Å². The van der Waals surface area contributed by atoms with Gasteiger partial charge in [-0.2, -0.15) is 13.2 Å². The summed E-state index contributed by atoms with van der Waals surface area (Å²) in [4.78, 5) is 35.0. The van der Waals surface area contributed by atoms with Crippen LogP contribution in [0.4, 0.5) is 22.8 Å². The number of ether oxygens (including phenoxy) is 3. The first kappa shape index (κ1) is 33.7. The number of nitrogens with zero attached hydrogens (tertiary/aromatic N) is 2. The van der Waals surface area contributed by atoms with Crippen molar-refractivity contribution >= 4 is 12.2 Å². The molecule has 1 saturated carbocycles. The van der Waals surface area contributed by atoms with E-state index < -0.39 is 35.2 Å². The largest absolute Gasteiger partial charge is 0.534 e. The second-order valence-electron chi connectivity index (χ2n) is 13.3. The van der Waals surface area contributed by atoms with E-state index in [0.717, 1.165) is 22.8 Å². The predicted molar refractivity (Wildman–Crippen MR) is 158 cm³/mol. The van der Waals surface area contributed by atoms with E-state index in [4.69, 9.17) is 23.5 Å². The molecule has 1 heterocycles. The highest BCUT2D eigenvalue weighted by molar-refractivity contribution is 5.70. The maximum atomic E-state index is 12.9. The van der Waals surface area contributed by atoms with Gasteiger partial charge in [-0.05, 0) is 108 Å². The lowest BCUT2D eigenvalue weighted by molar-refractivity contribution is -0.138. The molecular formula is C33H39F3N2O7. The average molecular weight is 633 g/mol. The maximum Gasteiger partial charge on any atom is 0.534 e. The molecule has 1 aliphatic carbocycles. The first-order valence-electron chi connectivity index (χ1n) is 14.5. The normalized spacial score (nSPS) is 18.2. The van der Waals surface area contributed by atoms with Gasteiger partial charge in [-0.15, -0.1) is 5.06 Å². The van der Waals surface area contributed by atoms with Gasteiger partial charge in [-0.1, -0.05) is 19.1 Å². The van der Waals surface area contributed by atoms with Gasteiger partial charge in [0.25, 0.3) is 0 Å². The molecule has 3 aromatic rings. The van der Waals surface area contributed by atoms with Crippen molar-refractivity contribution in [2.24, 2.45) is 5.92 Å². The van der Waals surface area contributed by atoms with Crippen molar-refractivity contribution in [2.75, 3.05) is 6.54 Å². The van der Waals surface area contributed by atoms with Crippen LogP contribution in [0.5, 0.6) is 5.75 Å². The summed E-state index contributed by atoms with van der Waals surface area (Å²) in [6, 6.07) is 12.1. The molecule has 0 saturated heterocycles. The van der Waals surface area contributed by atoms with Crippen LogP contribution in [0, 0.1) is 12.8 Å². The molecular weight excluding hydrogens is 593 g/mol. The van der Waals surface area contributed by atoms with Crippen molar-refractivity contribution in [3.63, 3.8) is 0 Å². The van der Waals surface area contributed by atoms with Gasteiger partial charge < -0.3 is 23.5 Å². The number of rotatable bonds is 7. The number of oxazole rings is 1. The molecule has 244 valence electrons. The fourth-order valence-electron chi connectivity index (χ4n) is 4.67. The lowest BCUT2D eigenvalue weighted by atomic mass is 9.95. The summed E-state index contributed by atoms with van der Waals surface area (Å²) in [6.45, 7) is 14.2. The molecule has 1 aliphatic rings. The monoisotopic (exact) mass is 632 g/mol. The first-order valence-corrected chi connectivity index (χ1v) is 14.5. The van der Waals surface area contributed by atoms with Crippen LogP contribution in [-0.2, 0) is 32.5 Å². The van der Waals surface area contributed by atoms with E-state index in [1.165, 1.54) is 12.1 Å². The molecule has 2 aromatic carbocycles. The van der Waals surface area contributed by atoms with Crippen molar-refractivity contribution in [3.8, 4) is 17.2 Å². The summed E-state index contributed by atoms with van der Waals surface area (Å²) in [6.07, 6.45) is -5.51. The Hall–Kier alpha value is -4.22. The molecule has 12 heteroatoms. The van der Waals surface area contributed by atoms with Gasteiger partial charge in [0.2, 0.25) is 5.89 Å². The van der Waals surface area contributed by atoms with E-state index >= 15 is 0 Å². The Bertz CT molecular complexity index is 1520. The Balaban J connectivity index is 1.42. The number of benzene rings is 2. The Morgan fingerprint density at radius 1 is 1.00 bits per heavy atom. The smallest absolute Gasteiger partial charge is 0.487 e. The minimum Gasteiger partial charge on any atom is -0.487 e. The van der Waals surface area contributed by atoms with Crippen LogP contribution in [0.1, 0.15) is 77.5 Å². The van der Waals surface area contributed by atoms with Gasteiger partial charge in [0.1, 0.15) is 35.0 Å². The van der Waals surface area contributed by atoms with Gasteiger partial charge in [0.15, 0.2) is 0 Å². The molecule has 0 N–H and O–H groups in total. The topological polar surface area (TPSA) is 100 Å². The van der Waals surface area contributed by atoms with Crippen molar-refractivity contribution in [1.82, 2.24) is 10.0 Å². The number of aromatic nitrogens is 1. The molecule has 9 nitrogen and oxygen atoms in total. The molecule has 2 atom stereocenters. The Labute approximate surface area is 260 Å². The van der Waals surface area contributed by atoms with Crippen LogP contribution in [0.25, 0.3) is 11.5 Å². The summed E-state index contributed by atoms with van der Waals surface area (Å²) in [5, 5.41) is 0.914. The molecule has 0 radical (unpaired) electrons. The minimum atomic E-state index is -4.43. The third-order valence-corrected chi connectivity index (χ3v) is 7.19. The summed E-state index contributed by atoms with van der Waals surface area (Å²) < 4.78 is 61.2. The van der Waals surface area contributed by atoms with Gasteiger partial charge in [0, 0.05) is 5.56 Å². The highest BCUT2D eigenvalue weighted by Crippen LogP contribution is 2.54. The van der Waals surface area contributed by atoms with Gasteiger partial charge in [-0.3, -0.25) is 0 Å². The Morgan fingerprint density at radius 2 is 1.64 bits per heavy atom. The zero-order valence-corrected chi connectivity index (χ0v) is 26.7. The number of amides is 1.